The minimum absolute atomic E-state index is 0.370. The number of nitrogens with zero attached hydrogens (tertiary/aromatic N) is 1. The van der Waals surface area contributed by atoms with Crippen molar-refractivity contribution in [2.75, 3.05) is 19.7 Å². The highest BCUT2D eigenvalue weighted by Crippen LogP contribution is 2.16. The van der Waals surface area contributed by atoms with Crippen LogP contribution in [0.4, 0.5) is 4.79 Å². The van der Waals surface area contributed by atoms with E-state index in [2.05, 4.69) is 5.32 Å². The molecule has 1 heterocycles. The lowest BCUT2D eigenvalue weighted by Crippen LogP contribution is -2.54. The topological polar surface area (TPSA) is 95.9 Å². The summed E-state index contributed by atoms with van der Waals surface area (Å²) in [5.74, 6) is -2.00. The highest BCUT2D eigenvalue weighted by Gasteiger charge is 2.30. The van der Waals surface area contributed by atoms with Crippen LogP contribution in [0.3, 0.4) is 0 Å². The SMILES string of the molecule is CC1(C)CN(C(=O)NC(=O)/C=C/C(=O)O)CCO1. The van der Waals surface area contributed by atoms with Crippen molar-refractivity contribution in [3.63, 3.8) is 0 Å². The first-order chi connectivity index (χ1) is 8.30. The number of hydrogen-bond acceptors (Lipinski definition) is 4. The van der Waals surface area contributed by atoms with Crippen molar-refractivity contribution in [2.24, 2.45) is 0 Å². The van der Waals surface area contributed by atoms with Gasteiger partial charge in [-0.2, -0.15) is 0 Å². The fourth-order valence-corrected chi connectivity index (χ4v) is 1.56. The van der Waals surface area contributed by atoms with E-state index >= 15 is 0 Å². The molecule has 0 bridgehead atoms. The predicted molar refractivity (Wildman–Crippen MR) is 61.9 cm³/mol. The molecule has 100 valence electrons. The molecule has 7 heteroatoms. The minimum Gasteiger partial charge on any atom is -0.478 e. The monoisotopic (exact) mass is 256 g/mol. The molecule has 2 N–H and O–H groups in total. The Hall–Kier alpha value is -1.89. The molecule has 1 rings (SSSR count). The Balaban J connectivity index is 2.50. The Morgan fingerprint density at radius 1 is 1.33 bits per heavy atom. The van der Waals surface area contributed by atoms with E-state index in [1.54, 1.807) is 0 Å². The number of hydrogen-bond donors (Lipinski definition) is 2. The van der Waals surface area contributed by atoms with Gasteiger partial charge in [0.05, 0.1) is 18.8 Å². The van der Waals surface area contributed by atoms with Gasteiger partial charge in [-0.25, -0.2) is 9.59 Å². The summed E-state index contributed by atoms with van der Waals surface area (Å²) in [5, 5.41) is 10.4. The first kappa shape index (κ1) is 14.2. The molecular weight excluding hydrogens is 240 g/mol. The molecule has 7 nitrogen and oxygen atoms in total. The van der Waals surface area contributed by atoms with Gasteiger partial charge in [0.15, 0.2) is 0 Å². The van der Waals surface area contributed by atoms with Gasteiger partial charge in [0.1, 0.15) is 0 Å². The standard InChI is InChI=1S/C11H16N2O5/c1-11(2)7-13(5-6-18-11)10(17)12-8(14)3-4-9(15)16/h3-4H,5-7H2,1-2H3,(H,15,16)(H,12,14,17)/b4-3+. The van der Waals surface area contributed by atoms with Gasteiger partial charge in [-0.05, 0) is 13.8 Å². The molecule has 0 atom stereocenters. The van der Waals surface area contributed by atoms with E-state index in [-0.39, 0.29) is 0 Å². The number of nitrogens with one attached hydrogen (secondary N) is 1. The van der Waals surface area contributed by atoms with Gasteiger partial charge >= 0.3 is 12.0 Å². The Bertz CT molecular complexity index is 389. The summed E-state index contributed by atoms with van der Waals surface area (Å²) in [6.07, 6.45) is 1.47. The second kappa shape index (κ2) is 5.63. The van der Waals surface area contributed by atoms with Crippen molar-refractivity contribution in [1.82, 2.24) is 10.2 Å². The summed E-state index contributed by atoms with van der Waals surface area (Å²) in [6.45, 7) is 4.86. The molecule has 0 aromatic carbocycles. The second-order valence-electron chi connectivity index (χ2n) is 4.50. The number of aliphatic carboxylic acids is 1. The van der Waals surface area contributed by atoms with Gasteiger partial charge in [0.2, 0.25) is 0 Å². The number of ether oxygens (including phenoxy) is 1. The number of rotatable bonds is 2. The van der Waals surface area contributed by atoms with Crippen LogP contribution in [0.25, 0.3) is 0 Å². The Morgan fingerprint density at radius 2 is 2.00 bits per heavy atom. The molecule has 1 fully saturated rings. The Morgan fingerprint density at radius 3 is 2.56 bits per heavy atom. The molecule has 0 aromatic heterocycles. The zero-order chi connectivity index (χ0) is 13.8. The average Bonchev–Trinajstić information content (AvgIpc) is 2.25. The highest BCUT2D eigenvalue weighted by atomic mass is 16.5. The molecule has 0 aromatic rings. The first-order valence-corrected chi connectivity index (χ1v) is 5.45. The molecule has 1 aliphatic heterocycles. The van der Waals surface area contributed by atoms with E-state index in [4.69, 9.17) is 9.84 Å². The van der Waals surface area contributed by atoms with Crippen LogP contribution < -0.4 is 5.32 Å². The van der Waals surface area contributed by atoms with Gasteiger partial charge in [-0.3, -0.25) is 10.1 Å². The van der Waals surface area contributed by atoms with E-state index in [1.165, 1.54) is 4.90 Å². The van der Waals surface area contributed by atoms with Gasteiger partial charge in [-0.1, -0.05) is 0 Å². The van der Waals surface area contributed by atoms with Crippen LogP contribution in [0, 0.1) is 0 Å². The predicted octanol–water partition coefficient (Wildman–Crippen LogP) is -0.0258. The van der Waals surface area contributed by atoms with Crippen LogP contribution in [0.2, 0.25) is 0 Å². The largest absolute Gasteiger partial charge is 0.478 e. The molecule has 3 amide bonds. The molecule has 1 aliphatic rings. The maximum absolute atomic E-state index is 11.7. The fourth-order valence-electron chi connectivity index (χ4n) is 1.56. The molecule has 0 aliphatic carbocycles. The molecule has 0 spiro atoms. The lowest BCUT2D eigenvalue weighted by molar-refractivity contribution is -0.131. The normalized spacial score (nSPS) is 18.7. The van der Waals surface area contributed by atoms with Crippen molar-refractivity contribution in [3.8, 4) is 0 Å². The molecule has 0 unspecified atom stereocenters. The van der Waals surface area contributed by atoms with E-state index in [0.717, 1.165) is 6.08 Å². The van der Waals surface area contributed by atoms with E-state index in [0.29, 0.717) is 25.8 Å². The zero-order valence-corrected chi connectivity index (χ0v) is 10.3. The smallest absolute Gasteiger partial charge is 0.328 e. The third-order valence-corrected chi connectivity index (χ3v) is 2.32. The number of carboxylic acid groups (broad SMARTS) is 1. The minimum atomic E-state index is -1.25. The summed E-state index contributed by atoms with van der Waals surface area (Å²) < 4.78 is 5.43. The quantitative estimate of drug-likeness (QED) is 0.676. The average molecular weight is 256 g/mol. The molecule has 1 saturated heterocycles. The lowest BCUT2D eigenvalue weighted by Gasteiger charge is -2.37. The van der Waals surface area contributed by atoms with Crippen LogP contribution in [0.15, 0.2) is 12.2 Å². The van der Waals surface area contributed by atoms with Crippen LogP contribution in [-0.4, -0.2) is 53.2 Å². The summed E-state index contributed by atoms with van der Waals surface area (Å²) in [4.78, 5) is 34.6. The summed E-state index contributed by atoms with van der Waals surface area (Å²) >= 11 is 0. The number of morpholine rings is 1. The summed E-state index contributed by atoms with van der Waals surface area (Å²) in [7, 11) is 0. The van der Waals surface area contributed by atoms with Crippen LogP contribution >= 0.6 is 0 Å². The van der Waals surface area contributed by atoms with Crippen molar-refractivity contribution < 1.29 is 24.2 Å². The van der Waals surface area contributed by atoms with Gasteiger partial charge in [0, 0.05) is 18.7 Å². The molecular formula is C11H16N2O5. The number of imide groups is 1. The van der Waals surface area contributed by atoms with Crippen molar-refractivity contribution in [1.29, 1.82) is 0 Å². The van der Waals surface area contributed by atoms with Crippen molar-refractivity contribution in [3.05, 3.63) is 12.2 Å². The van der Waals surface area contributed by atoms with Gasteiger partial charge in [0.25, 0.3) is 5.91 Å². The van der Waals surface area contributed by atoms with Crippen LogP contribution in [0.1, 0.15) is 13.8 Å². The number of carbonyl (C=O) groups is 3. The number of carboxylic acids is 1. The lowest BCUT2D eigenvalue weighted by atomic mass is 10.1. The maximum Gasteiger partial charge on any atom is 0.328 e. The van der Waals surface area contributed by atoms with Crippen LogP contribution in [0.5, 0.6) is 0 Å². The molecule has 0 radical (unpaired) electrons. The number of urea groups is 1. The zero-order valence-electron chi connectivity index (χ0n) is 10.3. The van der Waals surface area contributed by atoms with Gasteiger partial charge in [-0.15, -0.1) is 0 Å². The van der Waals surface area contributed by atoms with Gasteiger partial charge < -0.3 is 14.7 Å². The Kier molecular flexibility index (Phi) is 4.43. The highest BCUT2D eigenvalue weighted by molar-refractivity contribution is 6.02. The summed E-state index contributed by atoms with van der Waals surface area (Å²) in [6, 6.07) is -0.550. The maximum atomic E-state index is 11.7. The van der Waals surface area contributed by atoms with E-state index < -0.39 is 23.5 Å². The number of carbonyl (C=O) groups excluding carboxylic acids is 2. The fraction of sp³-hybridized carbons (Fsp3) is 0.545. The van der Waals surface area contributed by atoms with Crippen LogP contribution in [-0.2, 0) is 14.3 Å². The summed E-state index contributed by atoms with van der Waals surface area (Å²) in [5.41, 5.74) is -0.449. The second-order valence-corrected chi connectivity index (χ2v) is 4.50. The molecule has 18 heavy (non-hydrogen) atoms. The third-order valence-electron chi connectivity index (χ3n) is 2.32. The Labute approximate surface area is 104 Å². The van der Waals surface area contributed by atoms with E-state index in [9.17, 15) is 14.4 Å². The first-order valence-electron chi connectivity index (χ1n) is 5.45. The number of amides is 3. The van der Waals surface area contributed by atoms with Crippen molar-refractivity contribution >= 4 is 17.9 Å². The molecule has 0 saturated carbocycles. The third kappa shape index (κ3) is 4.54. The van der Waals surface area contributed by atoms with E-state index in [1.807, 2.05) is 13.8 Å². The van der Waals surface area contributed by atoms with Crippen molar-refractivity contribution in [2.45, 2.75) is 19.4 Å².